The quantitative estimate of drug-likeness (QED) is 0.702. The summed E-state index contributed by atoms with van der Waals surface area (Å²) in [7, 11) is 0. The molecule has 0 aliphatic carbocycles. The van der Waals surface area contributed by atoms with E-state index in [1.807, 2.05) is 32.9 Å². The maximum Gasteiger partial charge on any atom is 0.254 e. The van der Waals surface area contributed by atoms with Gasteiger partial charge in [-0.3, -0.25) is 4.79 Å². The molecule has 0 aromatic heterocycles. The first-order valence-corrected chi connectivity index (χ1v) is 4.81. The molecule has 0 bridgehead atoms. The van der Waals surface area contributed by atoms with Crippen LogP contribution in [0.4, 0.5) is 0 Å². The molecule has 0 aromatic rings. The molecule has 14 heavy (non-hydrogen) atoms. The maximum absolute atomic E-state index is 11.2. The van der Waals surface area contributed by atoms with Crippen LogP contribution in [-0.2, 0) is 4.79 Å². The minimum Gasteiger partial charge on any atom is -0.367 e. The number of amides is 1. The number of allylic oxidation sites excluding steroid dienone is 2. The van der Waals surface area contributed by atoms with Gasteiger partial charge in [-0.2, -0.15) is 0 Å². The van der Waals surface area contributed by atoms with E-state index < -0.39 is 0 Å². The fraction of sp³-hybridized carbons (Fsp3) is 0.364. The molecule has 78 valence electrons. The molecule has 0 radical (unpaired) electrons. The second-order valence-electron chi connectivity index (χ2n) is 2.39. The van der Waals surface area contributed by atoms with Crippen LogP contribution in [0.15, 0.2) is 36.1 Å². The zero-order chi connectivity index (χ0) is 11.0. The smallest absolute Gasteiger partial charge is 0.254 e. The molecule has 0 atom stereocenters. The molecule has 1 aliphatic rings. The topological polar surface area (TPSA) is 41.1 Å². The van der Waals surface area contributed by atoms with Gasteiger partial charge in [0.25, 0.3) is 5.91 Å². The molecule has 3 nitrogen and oxygen atoms in total. The first kappa shape index (κ1) is 12.5. The highest BCUT2D eigenvalue weighted by Gasteiger charge is 2.14. The molecule has 2 N–H and O–H groups in total. The Morgan fingerprint density at radius 3 is 2.50 bits per heavy atom. The average molecular weight is 194 g/mol. The minimum atomic E-state index is -0.0724. The van der Waals surface area contributed by atoms with Gasteiger partial charge in [-0.25, -0.2) is 0 Å². The molecule has 1 rings (SSSR count). The monoisotopic (exact) mass is 194 g/mol. The Hall–Kier alpha value is -1.51. The van der Waals surface area contributed by atoms with Gasteiger partial charge in [-0.1, -0.05) is 32.6 Å². The normalized spacial score (nSPS) is 15.5. The summed E-state index contributed by atoms with van der Waals surface area (Å²) in [5.74, 6) is -0.0724. The number of carbonyl (C=O) groups excluding carboxylic acids is 1. The Kier molecular flexibility index (Phi) is 6.20. The van der Waals surface area contributed by atoms with Crippen molar-refractivity contribution in [1.82, 2.24) is 10.6 Å². The summed E-state index contributed by atoms with van der Waals surface area (Å²) in [4.78, 5) is 11.2. The SMILES string of the molecule is C=CC1=C(/C=C\C)NCNC1=O.CC. The molecule has 0 spiro atoms. The van der Waals surface area contributed by atoms with E-state index in [1.165, 1.54) is 0 Å². The van der Waals surface area contributed by atoms with Gasteiger partial charge in [0.05, 0.1) is 12.2 Å². The van der Waals surface area contributed by atoms with Crippen molar-refractivity contribution >= 4 is 5.91 Å². The van der Waals surface area contributed by atoms with Gasteiger partial charge in [-0.15, -0.1) is 0 Å². The average Bonchev–Trinajstić information content (AvgIpc) is 2.22. The van der Waals surface area contributed by atoms with Crippen molar-refractivity contribution < 1.29 is 4.79 Å². The first-order chi connectivity index (χ1) is 6.79. The summed E-state index contributed by atoms with van der Waals surface area (Å²) in [6.45, 7) is 9.96. The molecule has 0 fully saturated rings. The van der Waals surface area contributed by atoms with Crippen LogP contribution in [0.2, 0.25) is 0 Å². The van der Waals surface area contributed by atoms with Crippen LogP contribution in [0.25, 0.3) is 0 Å². The van der Waals surface area contributed by atoms with Crippen LogP contribution < -0.4 is 10.6 Å². The Balaban J connectivity index is 0.000000791. The van der Waals surface area contributed by atoms with Gasteiger partial charge in [0.15, 0.2) is 0 Å². The van der Waals surface area contributed by atoms with Crippen molar-refractivity contribution in [2.75, 3.05) is 6.67 Å². The third-order valence-corrected chi connectivity index (χ3v) is 1.60. The fourth-order valence-electron chi connectivity index (χ4n) is 1.05. The number of rotatable bonds is 2. The lowest BCUT2D eigenvalue weighted by atomic mass is 10.1. The highest BCUT2D eigenvalue weighted by Crippen LogP contribution is 2.07. The fourth-order valence-corrected chi connectivity index (χ4v) is 1.05. The van der Waals surface area contributed by atoms with Gasteiger partial charge in [0.2, 0.25) is 0 Å². The number of hydrogen-bond donors (Lipinski definition) is 2. The van der Waals surface area contributed by atoms with Crippen molar-refractivity contribution in [3.63, 3.8) is 0 Å². The lowest BCUT2D eigenvalue weighted by Gasteiger charge is -2.18. The predicted octanol–water partition coefficient (Wildman–Crippen LogP) is 1.71. The van der Waals surface area contributed by atoms with E-state index in [-0.39, 0.29) is 5.91 Å². The van der Waals surface area contributed by atoms with Gasteiger partial charge in [0, 0.05) is 5.70 Å². The van der Waals surface area contributed by atoms with E-state index in [4.69, 9.17) is 0 Å². The Bertz CT molecular complexity index is 264. The number of nitrogens with one attached hydrogen (secondary N) is 2. The second-order valence-corrected chi connectivity index (χ2v) is 2.39. The predicted molar refractivity (Wildman–Crippen MR) is 59.5 cm³/mol. The molecule has 0 saturated carbocycles. The zero-order valence-corrected chi connectivity index (χ0v) is 9.05. The molecular weight excluding hydrogens is 176 g/mol. The summed E-state index contributed by atoms with van der Waals surface area (Å²) in [5.41, 5.74) is 1.43. The van der Waals surface area contributed by atoms with E-state index in [0.29, 0.717) is 12.2 Å². The Labute approximate surface area is 85.6 Å². The summed E-state index contributed by atoms with van der Waals surface area (Å²) in [6, 6.07) is 0. The Morgan fingerprint density at radius 2 is 2.00 bits per heavy atom. The van der Waals surface area contributed by atoms with Crippen LogP contribution in [0.5, 0.6) is 0 Å². The van der Waals surface area contributed by atoms with Crippen LogP contribution in [0, 0.1) is 0 Å². The summed E-state index contributed by atoms with van der Waals surface area (Å²) in [5, 5.41) is 5.70. The minimum absolute atomic E-state index is 0.0724. The molecule has 1 amide bonds. The van der Waals surface area contributed by atoms with Crippen molar-refractivity contribution in [3.05, 3.63) is 36.1 Å². The third-order valence-electron chi connectivity index (χ3n) is 1.60. The molecule has 3 heteroatoms. The zero-order valence-electron chi connectivity index (χ0n) is 9.05. The maximum atomic E-state index is 11.2. The van der Waals surface area contributed by atoms with Crippen LogP contribution >= 0.6 is 0 Å². The van der Waals surface area contributed by atoms with Crippen LogP contribution in [0.1, 0.15) is 20.8 Å². The van der Waals surface area contributed by atoms with E-state index >= 15 is 0 Å². The molecule has 0 unspecified atom stereocenters. The first-order valence-electron chi connectivity index (χ1n) is 4.81. The van der Waals surface area contributed by atoms with Crippen LogP contribution in [0.3, 0.4) is 0 Å². The van der Waals surface area contributed by atoms with Crippen molar-refractivity contribution in [3.8, 4) is 0 Å². The van der Waals surface area contributed by atoms with E-state index in [1.54, 1.807) is 6.08 Å². The van der Waals surface area contributed by atoms with Gasteiger partial charge in [0.1, 0.15) is 0 Å². The lowest BCUT2D eigenvalue weighted by Crippen LogP contribution is -2.40. The summed E-state index contributed by atoms with van der Waals surface area (Å²) >= 11 is 0. The van der Waals surface area contributed by atoms with Crippen LogP contribution in [-0.4, -0.2) is 12.6 Å². The molecular formula is C11H18N2O. The highest BCUT2D eigenvalue weighted by molar-refractivity contribution is 5.97. The Morgan fingerprint density at radius 1 is 1.36 bits per heavy atom. The lowest BCUT2D eigenvalue weighted by molar-refractivity contribution is -0.117. The number of carbonyl (C=O) groups is 1. The van der Waals surface area contributed by atoms with E-state index in [9.17, 15) is 4.79 Å². The molecule has 0 aromatic carbocycles. The molecule has 1 aliphatic heterocycles. The number of hydrogen-bond acceptors (Lipinski definition) is 2. The van der Waals surface area contributed by atoms with E-state index in [2.05, 4.69) is 17.2 Å². The second kappa shape index (κ2) is 6.95. The van der Waals surface area contributed by atoms with Gasteiger partial charge in [-0.05, 0) is 13.0 Å². The van der Waals surface area contributed by atoms with Gasteiger partial charge >= 0.3 is 0 Å². The highest BCUT2D eigenvalue weighted by atomic mass is 16.1. The van der Waals surface area contributed by atoms with Crippen molar-refractivity contribution in [2.45, 2.75) is 20.8 Å². The van der Waals surface area contributed by atoms with Gasteiger partial charge < -0.3 is 10.6 Å². The van der Waals surface area contributed by atoms with E-state index in [0.717, 1.165) is 5.70 Å². The molecule has 1 heterocycles. The standard InChI is InChI=1S/C9H12N2O.C2H6/c1-3-5-8-7(4-2)9(12)11-6-10-8;1-2/h3-5,10H,2,6H2,1H3,(H,11,12);1-2H3/b5-3-;. The largest absolute Gasteiger partial charge is 0.367 e. The third kappa shape index (κ3) is 3.09. The summed E-state index contributed by atoms with van der Waals surface area (Å²) < 4.78 is 0. The van der Waals surface area contributed by atoms with Crippen molar-refractivity contribution in [2.24, 2.45) is 0 Å². The van der Waals surface area contributed by atoms with Crippen molar-refractivity contribution in [1.29, 1.82) is 0 Å². The summed E-state index contributed by atoms with van der Waals surface area (Å²) in [6.07, 6.45) is 5.29. The molecule has 0 saturated heterocycles.